The third-order valence-corrected chi connectivity index (χ3v) is 2.31. The molecule has 0 aromatic rings. The van der Waals surface area contributed by atoms with Crippen LogP contribution in [0, 0.1) is 0 Å². The van der Waals surface area contributed by atoms with Gasteiger partial charge in [0.25, 0.3) is 0 Å². The molecule has 3 atom stereocenters. The summed E-state index contributed by atoms with van der Waals surface area (Å²) in [6, 6.07) is 0. The van der Waals surface area contributed by atoms with Gasteiger partial charge < -0.3 is 19.9 Å². The highest BCUT2D eigenvalue weighted by Gasteiger charge is 2.28. The van der Waals surface area contributed by atoms with Gasteiger partial charge in [-0.2, -0.15) is 0 Å². The molecule has 0 aromatic carbocycles. The summed E-state index contributed by atoms with van der Waals surface area (Å²) in [5.41, 5.74) is 0. The number of aliphatic hydroxyl groups is 1. The van der Waals surface area contributed by atoms with Crippen molar-refractivity contribution in [3.05, 3.63) is 0 Å². The van der Waals surface area contributed by atoms with Crippen LogP contribution in [0.5, 0.6) is 0 Å². The molecule has 0 aliphatic carbocycles. The van der Waals surface area contributed by atoms with Gasteiger partial charge in [-0.05, 0) is 19.8 Å². The second-order valence-corrected chi connectivity index (χ2v) is 3.81. The first-order chi connectivity index (χ1) is 7.09. The second-order valence-electron chi connectivity index (χ2n) is 3.81. The smallest absolute Gasteiger partial charge is 0.216 e. The Bertz CT molecular complexity index is 210. The average Bonchev–Trinajstić information content (AvgIpc) is 2.17. The summed E-state index contributed by atoms with van der Waals surface area (Å²) in [5, 5.41) is 12.2. The standard InChI is InChI=1S/C10H19NO4/c1-7-3-4-9(13)10(15-7)14-6-5-11-8(2)12/h7,9-10,13H,3-6H2,1-2H3,(H,11,12)/t7-,9-,10+/m0/s1. The Balaban J connectivity index is 2.16. The van der Waals surface area contributed by atoms with Crippen LogP contribution in [0.25, 0.3) is 0 Å². The average molecular weight is 217 g/mol. The van der Waals surface area contributed by atoms with Crippen molar-refractivity contribution in [3.8, 4) is 0 Å². The third-order valence-electron chi connectivity index (χ3n) is 2.31. The van der Waals surface area contributed by atoms with E-state index < -0.39 is 12.4 Å². The first kappa shape index (κ1) is 12.4. The zero-order valence-corrected chi connectivity index (χ0v) is 9.23. The SMILES string of the molecule is CC(=O)NCCO[C@@H]1O[C@@H](C)CC[C@@H]1O. The molecule has 2 N–H and O–H groups in total. The van der Waals surface area contributed by atoms with Crippen molar-refractivity contribution in [1.82, 2.24) is 5.32 Å². The van der Waals surface area contributed by atoms with E-state index in [4.69, 9.17) is 9.47 Å². The summed E-state index contributed by atoms with van der Waals surface area (Å²) in [5.74, 6) is -0.0860. The molecule has 1 fully saturated rings. The van der Waals surface area contributed by atoms with Gasteiger partial charge in [0.2, 0.25) is 5.91 Å². The van der Waals surface area contributed by atoms with Gasteiger partial charge in [0.05, 0.1) is 12.7 Å². The summed E-state index contributed by atoms with van der Waals surface area (Å²) in [4.78, 5) is 10.6. The maximum Gasteiger partial charge on any atom is 0.216 e. The zero-order chi connectivity index (χ0) is 11.3. The van der Waals surface area contributed by atoms with E-state index in [-0.39, 0.29) is 12.0 Å². The van der Waals surface area contributed by atoms with Crippen LogP contribution in [0.3, 0.4) is 0 Å². The van der Waals surface area contributed by atoms with Crippen LogP contribution in [0.2, 0.25) is 0 Å². The number of carbonyl (C=O) groups is 1. The van der Waals surface area contributed by atoms with Gasteiger partial charge in [-0.3, -0.25) is 4.79 Å². The van der Waals surface area contributed by atoms with E-state index in [0.717, 1.165) is 6.42 Å². The van der Waals surface area contributed by atoms with E-state index in [1.54, 1.807) is 0 Å². The summed E-state index contributed by atoms with van der Waals surface area (Å²) in [6.07, 6.45) is 0.568. The Kier molecular flexibility index (Phi) is 5.01. The molecule has 0 radical (unpaired) electrons. The topological polar surface area (TPSA) is 67.8 Å². The number of aliphatic hydroxyl groups excluding tert-OH is 1. The molecule has 0 spiro atoms. The van der Waals surface area contributed by atoms with E-state index in [1.807, 2.05) is 6.92 Å². The lowest BCUT2D eigenvalue weighted by atomic mass is 10.1. The highest BCUT2D eigenvalue weighted by molar-refractivity contribution is 5.72. The highest BCUT2D eigenvalue weighted by Crippen LogP contribution is 2.19. The fraction of sp³-hybridized carbons (Fsp3) is 0.900. The minimum atomic E-state index is -0.557. The van der Waals surface area contributed by atoms with Crippen molar-refractivity contribution in [2.75, 3.05) is 13.2 Å². The van der Waals surface area contributed by atoms with E-state index in [0.29, 0.717) is 19.6 Å². The fourth-order valence-electron chi connectivity index (χ4n) is 1.48. The number of amides is 1. The largest absolute Gasteiger partial charge is 0.388 e. The summed E-state index contributed by atoms with van der Waals surface area (Å²) in [7, 11) is 0. The lowest BCUT2D eigenvalue weighted by molar-refractivity contribution is -0.235. The Labute approximate surface area is 89.8 Å². The third kappa shape index (κ3) is 4.59. The van der Waals surface area contributed by atoms with Crippen LogP contribution in [-0.4, -0.2) is 42.7 Å². The molecule has 15 heavy (non-hydrogen) atoms. The van der Waals surface area contributed by atoms with Crippen LogP contribution in [-0.2, 0) is 14.3 Å². The second kappa shape index (κ2) is 6.05. The van der Waals surface area contributed by atoms with Crippen molar-refractivity contribution in [2.24, 2.45) is 0 Å². The molecule has 1 amide bonds. The van der Waals surface area contributed by atoms with Gasteiger partial charge in [0.15, 0.2) is 6.29 Å². The summed E-state index contributed by atoms with van der Waals surface area (Å²) in [6.45, 7) is 4.20. The maximum absolute atomic E-state index is 10.6. The van der Waals surface area contributed by atoms with Crippen LogP contribution < -0.4 is 5.32 Å². The molecule has 0 saturated carbocycles. The number of rotatable bonds is 4. The number of nitrogens with one attached hydrogen (secondary N) is 1. The molecule has 0 bridgehead atoms. The minimum Gasteiger partial charge on any atom is -0.388 e. The van der Waals surface area contributed by atoms with Crippen LogP contribution >= 0.6 is 0 Å². The molecule has 0 unspecified atom stereocenters. The molecule has 1 aliphatic rings. The van der Waals surface area contributed by atoms with Gasteiger partial charge >= 0.3 is 0 Å². The molecule has 1 heterocycles. The molecule has 88 valence electrons. The fourth-order valence-corrected chi connectivity index (χ4v) is 1.48. The van der Waals surface area contributed by atoms with Crippen LogP contribution in [0.4, 0.5) is 0 Å². The van der Waals surface area contributed by atoms with Gasteiger partial charge in [-0.25, -0.2) is 0 Å². The molecule has 0 aromatic heterocycles. The van der Waals surface area contributed by atoms with Crippen LogP contribution in [0.15, 0.2) is 0 Å². The van der Waals surface area contributed by atoms with E-state index >= 15 is 0 Å². The van der Waals surface area contributed by atoms with E-state index in [2.05, 4.69) is 5.32 Å². The first-order valence-corrected chi connectivity index (χ1v) is 5.29. The molecular formula is C10H19NO4. The lowest BCUT2D eigenvalue weighted by Crippen LogP contribution is -2.40. The normalized spacial score (nSPS) is 31.3. The van der Waals surface area contributed by atoms with Gasteiger partial charge in [-0.1, -0.05) is 0 Å². The highest BCUT2D eigenvalue weighted by atomic mass is 16.7. The zero-order valence-electron chi connectivity index (χ0n) is 9.23. The molecule has 5 heteroatoms. The summed E-state index contributed by atoms with van der Waals surface area (Å²) < 4.78 is 10.7. The van der Waals surface area contributed by atoms with Gasteiger partial charge in [-0.15, -0.1) is 0 Å². The Morgan fingerprint density at radius 2 is 2.33 bits per heavy atom. The van der Waals surface area contributed by atoms with Crippen molar-refractivity contribution < 1.29 is 19.4 Å². The molecular weight excluding hydrogens is 198 g/mol. The lowest BCUT2D eigenvalue weighted by Gasteiger charge is -2.31. The van der Waals surface area contributed by atoms with Crippen LogP contribution in [0.1, 0.15) is 26.7 Å². The molecule has 1 rings (SSSR count). The van der Waals surface area contributed by atoms with Crippen molar-refractivity contribution in [2.45, 2.75) is 45.2 Å². The number of hydrogen-bond donors (Lipinski definition) is 2. The predicted molar refractivity (Wildman–Crippen MR) is 54.2 cm³/mol. The molecule has 1 saturated heterocycles. The Morgan fingerprint density at radius 3 is 3.00 bits per heavy atom. The number of hydrogen-bond acceptors (Lipinski definition) is 4. The number of carbonyl (C=O) groups excluding carboxylic acids is 1. The molecule has 5 nitrogen and oxygen atoms in total. The quantitative estimate of drug-likeness (QED) is 0.652. The minimum absolute atomic E-state index is 0.0860. The maximum atomic E-state index is 10.6. The monoisotopic (exact) mass is 217 g/mol. The van der Waals surface area contributed by atoms with E-state index in [9.17, 15) is 9.90 Å². The van der Waals surface area contributed by atoms with Gasteiger partial charge in [0.1, 0.15) is 6.10 Å². The van der Waals surface area contributed by atoms with Crippen molar-refractivity contribution in [1.29, 1.82) is 0 Å². The van der Waals surface area contributed by atoms with Crippen molar-refractivity contribution in [3.63, 3.8) is 0 Å². The Morgan fingerprint density at radius 1 is 1.60 bits per heavy atom. The predicted octanol–water partition coefficient (Wildman–Crippen LogP) is 0.0250. The summed E-state index contributed by atoms with van der Waals surface area (Å²) >= 11 is 0. The van der Waals surface area contributed by atoms with Crippen molar-refractivity contribution >= 4 is 5.91 Å². The van der Waals surface area contributed by atoms with Gasteiger partial charge in [0, 0.05) is 13.5 Å². The molecule has 1 aliphatic heterocycles. The first-order valence-electron chi connectivity index (χ1n) is 5.29. The van der Waals surface area contributed by atoms with E-state index in [1.165, 1.54) is 6.92 Å². The number of ether oxygens (including phenoxy) is 2. The Hall–Kier alpha value is -0.650.